The molecule has 0 radical (unpaired) electrons. The van der Waals surface area contributed by atoms with Crippen LogP contribution < -0.4 is 67.5 Å². The molecule has 9 rings (SSSR count). The van der Waals surface area contributed by atoms with E-state index in [0.717, 1.165) is 93.6 Å². The fraction of sp³-hybridized carbons (Fsp3) is 0.381. The first-order valence-electron chi connectivity index (χ1n) is 30.3. The van der Waals surface area contributed by atoms with E-state index in [1.54, 1.807) is 62.3 Å². The molecule has 6 heterocycles. The lowest BCUT2D eigenvalue weighted by Gasteiger charge is -2.12. The highest BCUT2D eigenvalue weighted by Gasteiger charge is 2.20. The van der Waals surface area contributed by atoms with Crippen molar-refractivity contribution in [3.8, 4) is 66.2 Å². The van der Waals surface area contributed by atoms with Gasteiger partial charge >= 0.3 is 0 Å². The van der Waals surface area contributed by atoms with Crippen molar-refractivity contribution < 1.29 is 47.1 Å². The molecule has 15 N–H and O–H groups in total. The van der Waals surface area contributed by atoms with Crippen LogP contribution in [0.4, 0.5) is 34.9 Å². The van der Waals surface area contributed by atoms with Crippen LogP contribution in [0.3, 0.4) is 0 Å². The summed E-state index contributed by atoms with van der Waals surface area (Å²) in [6.45, 7) is 9.10. The van der Waals surface area contributed by atoms with Crippen LogP contribution in [0.2, 0.25) is 0 Å². The minimum atomic E-state index is -3.28. The number of ether oxygens (including phenoxy) is 6. The Kier molecular flexibility index (Phi) is 29.7. The lowest BCUT2D eigenvalue weighted by Crippen LogP contribution is -2.26. The van der Waals surface area contributed by atoms with Crippen LogP contribution in [0.5, 0.6) is 34.5 Å². The fourth-order valence-electron chi connectivity index (χ4n) is 8.72. The van der Waals surface area contributed by atoms with Gasteiger partial charge in [-0.05, 0) is 80.8 Å². The minimum Gasteiger partial charge on any atom is -0.493 e. The molecule has 0 aliphatic heterocycles. The largest absolute Gasteiger partial charge is 0.493 e. The van der Waals surface area contributed by atoms with Gasteiger partial charge in [0.25, 0.3) is 0 Å². The van der Waals surface area contributed by atoms with Crippen molar-refractivity contribution in [1.82, 2.24) is 49.6 Å². The Morgan fingerprint density at radius 2 is 0.812 bits per heavy atom. The molecule has 0 spiro atoms. The van der Waals surface area contributed by atoms with Crippen molar-refractivity contribution in [3.05, 3.63) is 105 Å². The number of nitrogens with two attached hydrogens (primary N) is 6. The fourth-order valence-corrected chi connectivity index (χ4v) is 15.5. The Hall–Kier alpha value is -7.73. The zero-order chi connectivity index (χ0) is 69.3. The van der Waals surface area contributed by atoms with Crippen molar-refractivity contribution in [2.75, 3.05) is 95.0 Å². The number of aryl methyl sites for hydroxylation is 3. The van der Waals surface area contributed by atoms with Crippen molar-refractivity contribution in [2.45, 2.75) is 111 Å². The van der Waals surface area contributed by atoms with Gasteiger partial charge in [0.2, 0.25) is 10.0 Å². The van der Waals surface area contributed by atoms with Gasteiger partial charge in [-0.3, -0.25) is 0 Å². The van der Waals surface area contributed by atoms with Gasteiger partial charge in [-0.2, -0.15) is 0 Å². The third kappa shape index (κ3) is 23.5. The second-order valence-corrected chi connectivity index (χ2v) is 28.9. The molecule has 516 valence electrons. The van der Waals surface area contributed by atoms with Gasteiger partial charge in [-0.15, -0.1) is 34.0 Å². The molecule has 0 saturated carbocycles. The molecule has 0 amide bonds. The highest BCUT2D eigenvalue weighted by atomic mass is 32.2. The smallest absolute Gasteiger partial charge is 0.208 e. The molecule has 0 saturated heterocycles. The number of aliphatic hydroxyl groups is 2. The van der Waals surface area contributed by atoms with E-state index in [2.05, 4.69) is 55.4 Å². The van der Waals surface area contributed by atoms with Gasteiger partial charge in [-0.1, -0.05) is 75.3 Å². The summed E-state index contributed by atoms with van der Waals surface area (Å²) in [5.41, 5.74) is 40.4. The first-order chi connectivity index (χ1) is 46.1. The first kappa shape index (κ1) is 75.6. The van der Waals surface area contributed by atoms with Crippen LogP contribution in [-0.2, 0) is 46.5 Å². The molecule has 96 heavy (non-hydrogen) atoms. The standard InChI is InChI=1S/C21H28N6O4S3.2C21H27N5O3S2/c1-4-5-17-14(12-32-21-26-18(22)11-19(23)27-21)25-20(33-17)13-6-7-15(30-2)16(10-13)31-9-8-24-34(3,28)29;1-4-5-17-14(11-30-21-25-18(22)9-19(23)26-21)24-20(31-17)13-6-7-15(28-3)16(8-13)29-10-12(2)27;1-3-5-17-14(12-30-21-25-18(22)11-19(23)26-21)24-20(31-17)13-6-7-15(28-2)16(10-13)29-9-4-8-27/h6-7,10-11,24H,4-5,8-9,12H2,1-3H3,(H4,22,23,26,27);6-9,12,27H,4-5,10-11H2,1-3H3,(H4,22,23,25,26);6-7,10-11,27H,3-5,8-9,12H2,1-2H3,(H4,22,23,25,26). The number of methoxy groups -OCH3 is 3. The molecule has 6 aromatic heterocycles. The van der Waals surface area contributed by atoms with Gasteiger partial charge in [0.05, 0.1) is 57.4 Å². The SMILES string of the molecule is CCCc1sc(-c2ccc(OC)c(OCC(C)O)c2)nc1CSc1nc(N)cc(N)n1.CCCc1sc(-c2ccc(OC)c(OCCCO)c2)nc1CSc1nc(N)cc(N)n1.CCCc1sc(-c2ccc(OC)c(OCCNS(C)(=O)=O)c2)nc1CSc1nc(N)cc(N)n1. The van der Waals surface area contributed by atoms with Crippen LogP contribution >= 0.6 is 69.3 Å². The number of nitrogens with one attached hydrogen (secondary N) is 1. The number of rotatable bonds is 33. The van der Waals surface area contributed by atoms with E-state index in [4.69, 9.17) is 82.9 Å². The zero-order valence-corrected chi connectivity index (χ0v) is 60.3. The molecule has 0 aliphatic rings. The van der Waals surface area contributed by atoms with Crippen molar-refractivity contribution >= 4 is 114 Å². The van der Waals surface area contributed by atoms with Crippen LogP contribution in [0.15, 0.2) is 88.3 Å². The molecule has 1 unspecified atom stereocenters. The maximum absolute atomic E-state index is 11.2. The number of anilines is 6. The normalized spacial score (nSPS) is 11.5. The molecule has 0 fully saturated rings. The monoisotopic (exact) mass is 1450 g/mol. The number of nitrogens with zero attached hydrogens (tertiary/aromatic N) is 9. The number of benzene rings is 3. The summed E-state index contributed by atoms with van der Waals surface area (Å²) in [5.74, 6) is 7.48. The highest BCUT2D eigenvalue weighted by Crippen LogP contribution is 2.41. The number of thioether (sulfide) groups is 3. The second kappa shape index (κ2) is 37.7. The zero-order valence-electron chi connectivity index (χ0n) is 54.6. The van der Waals surface area contributed by atoms with Crippen molar-refractivity contribution in [1.29, 1.82) is 0 Å². The minimum absolute atomic E-state index is 0.0817. The number of aliphatic hydroxyl groups excluding tert-OH is 2. The molecule has 0 bridgehead atoms. The molecule has 3 aromatic carbocycles. The molecule has 1 atom stereocenters. The Bertz CT molecular complexity index is 4030. The molecule has 0 aliphatic carbocycles. The second-order valence-electron chi connectivity index (χ2n) is 21.0. The Morgan fingerprint density at radius 3 is 1.10 bits per heavy atom. The Balaban J connectivity index is 0.000000203. The number of sulfonamides is 1. The maximum atomic E-state index is 11.2. The number of hydrogen-bond donors (Lipinski definition) is 9. The summed E-state index contributed by atoms with van der Waals surface area (Å²) >= 11 is 9.34. The van der Waals surface area contributed by atoms with Gasteiger partial charge < -0.3 is 73.0 Å². The first-order valence-corrected chi connectivity index (χ1v) is 37.6. The third-order valence-electron chi connectivity index (χ3n) is 13.0. The lowest BCUT2D eigenvalue weighted by atomic mass is 10.2. The van der Waals surface area contributed by atoms with E-state index in [1.165, 1.54) is 68.1 Å². The average molecular weight is 1450 g/mol. The van der Waals surface area contributed by atoms with Crippen LogP contribution in [0.1, 0.15) is 85.1 Å². The molecule has 9 aromatic rings. The van der Waals surface area contributed by atoms with Gasteiger partial charge in [0.15, 0.2) is 50.0 Å². The summed E-state index contributed by atoms with van der Waals surface area (Å²) in [4.78, 5) is 43.7. The van der Waals surface area contributed by atoms with Crippen LogP contribution in [-0.4, -0.2) is 130 Å². The number of aromatic nitrogens is 9. The Morgan fingerprint density at radius 1 is 0.490 bits per heavy atom. The summed E-state index contributed by atoms with van der Waals surface area (Å²) in [6.07, 6.45) is 6.92. The van der Waals surface area contributed by atoms with E-state index in [-0.39, 0.29) is 26.4 Å². The Labute approximate surface area is 584 Å². The number of nitrogen functional groups attached to an aromatic ring is 6. The van der Waals surface area contributed by atoms with Gasteiger partial charge in [0, 0.05) is 86.4 Å². The van der Waals surface area contributed by atoms with Crippen molar-refractivity contribution in [3.63, 3.8) is 0 Å². The maximum Gasteiger partial charge on any atom is 0.208 e. The summed E-state index contributed by atoms with van der Waals surface area (Å²) in [7, 11) is 1.48. The highest BCUT2D eigenvalue weighted by molar-refractivity contribution is 7.98. The van der Waals surface area contributed by atoms with Crippen molar-refractivity contribution in [2.24, 2.45) is 0 Å². The van der Waals surface area contributed by atoms with Gasteiger partial charge in [0.1, 0.15) is 63.1 Å². The summed E-state index contributed by atoms with van der Waals surface area (Å²) < 4.78 is 58.4. The number of thiazole rings is 3. The molecule has 26 nitrogen and oxygen atoms in total. The van der Waals surface area contributed by atoms with E-state index in [0.29, 0.717) is 115 Å². The average Bonchev–Trinajstić information content (AvgIpc) is 1.66. The summed E-state index contributed by atoms with van der Waals surface area (Å²) in [6, 6.07) is 21.7. The quantitative estimate of drug-likeness (QED) is 0.0105. The van der Waals surface area contributed by atoms with E-state index >= 15 is 0 Å². The molecule has 33 heteroatoms. The van der Waals surface area contributed by atoms with Crippen LogP contribution in [0.25, 0.3) is 31.7 Å². The van der Waals surface area contributed by atoms with Crippen LogP contribution in [0, 0.1) is 0 Å². The van der Waals surface area contributed by atoms with E-state index in [9.17, 15) is 13.5 Å². The van der Waals surface area contributed by atoms with E-state index in [1.807, 2.05) is 54.6 Å². The topological polar surface area (TPSA) is 414 Å². The predicted molar refractivity (Wildman–Crippen MR) is 388 cm³/mol. The molecular weight excluding hydrogens is 1370 g/mol. The predicted octanol–water partition coefficient (Wildman–Crippen LogP) is 10.5. The molecular formula is C63H82N16O10S7. The van der Waals surface area contributed by atoms with Gasteiger partial charge in [-0.25, -0.2) is 58.0 Å². The lowest BCUT2D eigenvalue weighted by molar-refractivity contribution is 0.120. The summed E-state index contributed by atoms with van der Waals surface area (Å²) in [5, 5.41) is 22.8. The third-order valence-corrected chi connectivity index (χ3v) is 19.9. The number of hydrogen-bond acceptors (Lipinski definition) is 31. The van der Waals surface area contributed by atoms with E-state index < -0.39 is 16.1 Å².